The lowest BCUT2D eigenvalue weighted by atomic mass is 10.1. The molecule has 3 aromatic rings. The number of likely N-dealkylation sites (N-methyl/N-ethyl adjacent to an activating group) is 1. The average Bonchev–Trinajstić information content (AvgIpc) is 2.77. The van der Waals surface area contributed by atoms with Gasteiger partial charge in [-0.25, -0.2) is 0 Å². The van der Waals surface area contributed by atoms with Crippen LogP contribution in [0.5, 0.6) is 5.75 Å². The number of halogens is 3. The summed E-state index contributed by atoms with van der Waals surface area (Å²) in [5.41, 5.74) is 0.571. The average molecular weight is 524 g/mol. The number of hydrogen-bond acceptors (Lipinski definition) is 3. The van der Waals surface area contributed by atoms with E-state index < -0.39 is 6.04 Å². The van der Waals surface area contributed by atoms with Gasteiger partial charge in [-0.2, -0.15) is 0 Å². The van der Waals surface area contributed by atoms with Crippen LogP contribution in [0, 0.1) is 0 Å². The van der Waals surface area contributed by atoms with Crippen LogP contribution in [0.15, 0.2) is 59.1 Å². The van der Waals surface area contributed by atoms with Crippen LogP contribution in [0.1, 0.15) is 12.5 Å². The Hall–Kier alpha value is -2.28. The lowest BCUT2D eigenvalue weighted by Crippen LogP contribution is -2.48. The molecule has 162 valence electrons. The van der Waals surface area contributed by atoms with Crippen molar-refractivity contribution in [2.24, 2.45) is 0 Å². The maximum absolute atomic E-state index is 13.1. The SMILES string of the molecule is CNC(=O)[C@H](C)N(Cc1c(Cl)cccc1Cl)C(=O)COc1ccc2ccccc2c1Br. The molecule has 8 heteroatoms. The van der Waals surface area contributed by atoms with Gasteiger partial charge >= 0.3 is 0 Å². The van der Waals surface area contributed by atoms with E-state index in [4.69, 9.17) is 27.9 Å². The van der Waals surface area contributed by atoms with Crippen LogP contribution in [0.3, 0.4) is 0 Å². The first-order valence-electron chi connectivity index (χ1n) is 9.57. The molecule has 0 radical (unpaired) electrons. The van der Waals surface area contributed by atoms with Gasteiger partial charge in [0.2, 0.25) is 5.91 Å². The number of nitrogens with zero attached hydrogens (tertiary/aromatic N) is 1. The highest BCUT2D eigenvalue weighted by molar-refractivity contribution is 9.10. The van der Waals surface area contributed by atoms with Gasteiger partial charge < -0.3 is 15.0 Å². The zero-order valence-electron chi connectivity index (χ0n) is 17.0. The van der Waals surface area contributed by atoms with Crippen LogP contribution in [0.25, 0.3) is 10.8 Å². The van der Waals surface area contributed by atoms with Gasteiger partial charge in [-0.15, -0.1) is 0 Å². The van der Waals surface area contributed by atoms with Gasteiger partial charge in [0.15, 0.2) is 6.61 Å². The zero-order chi connectivity index (χ0) is 22.5. The molecule has 0 aliphatic rings. The second-order valence-electron chi connectivity index (χ2n) is 6.90. The Balaban J connectivity index is 1.83. The molecule has 31 heavy (non-hydrogen) atoms. The number of amides is 2. The molecule has 0 aliphatic heterocycles. The molecule has 3 rings (SSSR count). The van der Waals surface area contributed by atoms with Gasteiger partial charge in [-0.1, -0.05) is 59.6 Å². The Labute approximate surface area is 199 Å². The Bertz CT molecular complexity index is 1100. The largest absolute Gasteiger partial charge is 0.483 e. The first-order chi connectivity index (χ1) is 14.8. The van der Waals surface area contributed by atoms with Crippen molar-refractivity contribution in [3.63, 3.8) is 0 Å². The molecule has 0 bridgehead atoms. The van der Waals surface area contributed by atoms with Crippen molar-refractivity contribution < 1.29 is 14.3 Å². The number of rotatable bonds is 7. The van der Waals surface area contributed by atoms with Crippen LogP contribution < -0.4 is 10.1 Å². The molecule has 0 fully saturated rings. The normalized spacial score (nSPS) is 11.8. The lowest BCUT2D eigenvalue weighted by molar-refractivity contribution is -0.142. The number of ether oxygens (including phenoxy) is 1. The van der Waals surface area contributed by atoms with Gasteiger partial charge in [0, 0.05) is 29.2 Å². The molecule has 0 aromatic heterocycles. The van der Waals surface area contributed by atoms with Crippen molar-refractivity contribution in [3.05, 3.63) is 74.7 Å². The molecular weight excluding hydrogens is 503 g/mol. The predicted octanol–water partition coefficient (Wildman–Crippen LogP) is 5.45. The highest BCUT2D eigenvalue weighted by atomic mass is 79.9. The standard InChI is InChI=1S/C23H21BrCl2N2O3/c1-14(23(30)27-2)28(12-17-18(25)8-5-9-19(17)26)21(29)13-31-20-11-10-15-6-3-4-7-16(15)22(20)24/h3-11,14H,12-13H2,1-2H3,(H,27,30)/t14-/m0/s1. The number of hydrogen-bond donors (Lipinski definition) is 1. The van der Waals surface area contributed by atoms with Crippen molar-refractivity contribution in [1.29, 1.82) is 0 Å². The molecule has 2 amide bonds. The third-order valence-corrected chi connectivity index (χ3v) is 6.51. The Morgan fingerprint density at radius 2 is 1.74 bits per heavy atom. The summed E-state index contributed by atoms with van der Waals surface area (Å²) >= 11 is 16.1. The third kappa shape index (κ3) is 5.32. The van der Waals surface area contributed by atoms with Crippen molar-refractivity contribution in [2.75, 3.05) is 13.7 Å². The van der Waals surface area contributed by atoms with E-state index in [-0.39, 0.29) is 25.0 Å². The van der Waals surface area contributed by atoms with E-state index in [1.54, 1.807) is 31.2 Å². The van der Waals surface area contributed by atoms with Crippen molar-refractivity contribution in [1.82, 2.24) is 10.2 Å². The number of fused-ring (bicyclic) bond motifs is 1. The summed E-state index contributed by atoms with van der Waals surface area (Å²) in [5.74, 6) is -0.133. The summed E-state index contributed by atoms with van der Waals surface area (Å²) < 4.78 is 6.58. The molecule has 0 spiro atoms. The molecule has 3 aromatic carbocycles. The van der Waals surface area contributed by atoms with E-state index in [2.05, 4.69) is 21.2 Å². The van der Waals surface area contributed by atoms with E-state index in [9.17, 15) is 9.59 Å². The second kappa shape index (κ2) is 10.4. The first-order valence-corrected chi connectivity index (χ1v) is 11.1. The van der Waals surface area contributed by atoms with E-state index in [0.717, 1.165) is 15.2 Å². The Morgan fingerprint density at radius 1 is 1.06 bits per heavy atom. The van der Waals surface area contributed by atoms with Crippen LogP contribution in [0.4, 0.5) is 0 Å². The minimum atomic E-state index is -0.742. The monoisotopic (exact) mass is 522 g/mol. The summed E-state index contributed by atoms with van der Waals surface area (Å²) in [6.45, 7) is 1.47. The van der Waals surface area contributed by atoms with Gasteiger partial charge in [0.25, 0.3) is 5.91 Å². The highest BCUT2D eigenvalue weighted by Gasteiger charge is 2.27. The summed E-state index contributed by atoms with van der Waals surface area (Å²) in [5, 5.41) is 5.45. The zero-order valence-corrected chi connectivity index (χ0v) is 20.1. The summed E-state index contributed by atoms with van der Waals surface area (Å²) in [4.78, 5) is 26.8. The molecule has 1 atom stereocenters. The molecule has 0 saturated heterocycles. The van der Waals surface area contributed by atoms with E-state index in [0.29, 0.717) is 21.4 Å². The topological polar surface area (TPSA) is 58.6 Å². The molecular formula is C23H21BrCl2N2O3. The Morgan fingerprint density at radius 3 is 2.42 bits per heavy atom. The number of carbonyl (C=O) groups is 2. The quantitative estimate of drug-likeness (QED) is 0.448. The van der Waals surface area contributed by atoms with Gasteiger partial charge in [0.1, 0.15) is 11.8 Å². The van der Waals surface area contributed by atoms with Crippen molar-refractivity contribution in [2.45, 2.75) is 19.5 Å². The highest BCUT2D eigenvalue weighted by Crippen LogP contribution is 2.33. The summed E-state index contributed by atoms with van der Waals surface area (Å²) in [7, 11) is 1.52. The maximum atomic E-state index is 13.1. The second-order valence-corrected chi connectivity index (χ2v) is 8.51. The van der Waals surface area contributed by atoms with Crippen LogP contribution in [-0.4, -0.2) is 36.4 Å². The Kier molecular flexibility index (Phi) is 7.81. The van der Waals surface area contributed by atoms with Crippen molar-refractivity contribution >= 4 is 61.7 Å². The summed E-state index contributed by atoms with van der Waals surface area (Å²) in [6, 6.07) is 15.9. The molecule has 1 N–H and O–H groups in total. The molecule has 0 unspecified atom stereocenters. The molecule has 5 nitrogen and oxygen atoms in total. The van der Waals surface area contributed by atoms with Crippen LogP contribution in [0.2, 0.25) is 10.0 Å². The van der Waals surface area contributed by atoms with Gasteiger partial charge in [-0.3, -0.25) is 9.59 Å². The summed E-state index contributed by atoms with van der Waals surface area (Å²) in [6.07, 6.45) is 0. The van der Waals surface area contributed by atoms with Crippen LogP contribution >= 0.6 is 39.1 Å². The van der Waals surface area contributed by atoms with Crippen LogP contribution in [-0.2, 0) is 16.1 Å². The number of nitrogens with one attached hydrogen (secondary N) is 1. The van der Waals surface area contributed by atoms with E-state index >= 15 is 0 Å². The minimum absolute atomic E-state index is 0.0776. The fourth-order valence-electron chi connectivity index (χ4n) is 3.19. The van der Waals surface area contributed by atoms with Gasteiger partial charge in [0.05, 0.1) is 4.47 Å². The van der Waals surface area contributed by atoms with Gasteiger partial charge in [-0.05, 0) is 51.8 Å². The smallest absolute Gasteiger partial charge is 0.261 e. The van der Waals surface area contributed by atoms with E-state index in [1.807, 2.05) is 30.3 Å². The first kappa shape index (κ1) is 23.4. The minimum Gasteiger partial charge on any atom is -0.483 e. The molecule has 0 saturated carbocycles. The predicted molar refractivity (Wildman–Crippen MR) is 128 cm³/mol. The lowest BCUT2D eigenvalue weighted by Gasteiger charge is -2.29. The van der Waals surface area contributed by atoms with Crippen molar-refractivity contribution in [3.8, 4) is 5.75 Å². The number of benzene rings is 3. The molecule has 0 heterocycles. The third-order valence-electron chi connectivity index (χ3n) is 4.98. The van der Waals surface area contributed by atoms with E-state index in [1.165, 1.54) is 11.9 Å². The maximum Gasteiger partial charge on any atom is 0.261 e. The molecule has 0 aliphatic carbocycles. The fourth-order valence-corrected chi connectivity index (χ4v) is 4.32. The fraction of sp³-hybridized carbons (Fsp3) is 0.217. The number of carbonyl (C=O) groups excluding carboxylic acids is 2.